The number of carbonyl (C=O) groups excluding carboxylic acids is 1. The van der Waals surface area contributed by atoms with E-state index in [1.165, 1.54) is 0 Å². The maximum absolute atomic E-state index is 11.0. The molecular weight excluding hydrogens is 244 g/mol. The predicted molar refractivity (Wildman–Crippen MR) is 69.0 cm³/mol. The van der Waals surface area contributed by atoms with Crippen LogP contribution in [0.5, 0.6) is 0 Å². The van der Waals surface area contributed by atoms with Crippen LogP contribution in [0.3, 0.4) is 0 Å². The van der Waals surface area contributed by atoms with Crippen molar-refractivity contribution in [2.45, 2.75) is 20.0 Å². The van der Waals surface area contributed by atoms with Crippen LogP contribution >= 0.6 is 0 Å². The Bertz CT molecular complexity index is 565. The highest BCUT2D eigenvalue weighted by molar-refractivity contribution is 5.77. The molecule has 0 aliphatic heterocycles. The van der Waals surface area contributed by atoms with E-state index >= 15 is 0 Å². The smallest absolute Gasteiger partial charge is 0.234 e. The number of nitrogens with zero attached hydrogens (tertiary/aromatic N) is 4. The van der Waals surface area contributed by atoms with Crippen LogP contribution in [0.25, 0.3) is 0 Å². The van der Waals surface area contributed by atoms with Gasteiger partial charge in [-0.3, -0.25) is 9.78 Å². The van der Waals surface area contributed by atoms with Crippen LogP contribution in [0.15, 0.2) is 24.7 Å². The average Bonchev–Trinajstić information content (AvgIpc) is 2.83. The Balaban J connectivity index is 1.95. The molecule has 0 fully saturated rings. The lowest BCUT2D eigenvalue weighted by molar-refractivity contribution is -0.119. The van der Waals surface area contributed by atoms with Gasteiger partial charge in [0.2, 0.25) is 5.91 Å². The van der Waals surface area contributed by atoms with Crippen LogP contribution in [-0.4, -0.2) is 32.4 Å². The number of hydrogen-bond acceptors (Lipinski definition) is 5. The number of hydrogen-bond donors (Lipinski definition) is 2. The summed E-state index contributed by atoms with van der Waals surface area (Å²) in [6, 6.07) is 2.05. The zero-order chi connectivity index (χ0) is 13.7. The molecule has 1 amide bonds. The van der Waals surface area contributed by atoms with Crippen molar-refractivity contribution in [1.29, 1.82) is 0 Å². The van der Waals surface area contributed by atoms with Gasteiger partial charge in [-0.15, -0.1) is 5.10 Å². The van der Waals surface area contributed by atoms with E-state index in [2.05, 4.69) is 20.6 Å². The predicted octanol–water partition coefficient (Wildman–Crippen LogP) is -0.395. The molecule has 0 unspecified atom stereocenters. The van der Waals surface area contributed by atoms with Gasteiger partial charge in [-0.1, -0.05) is 11.3 Å². The van der Waals surface area contributed by atoms with Crippen molar-refractivity contribution in [2.24, 2.45) is 5.73 Å². The monoisotopic (exact) mass is 260 g/mol. The van der Waals surface area contributed by atoms with E-state index < -0.39 is 0 Å². The summed E-state index contributed by atoms with van der Waals surface area (Å²) in [4.78, 5) is 15.1. The molecule has 100 valence electrons. The molecule has 0 atom stereocenters. The Kier molecular flexibility index (Phi) is 4.19. The van der Waals surface area contributed by atoms with Crippen LogP contribution in [0, 0.1) is 6.92 Å². The van der Waals surface area contributed by atoms with Crippen molar-refractivity contribution < 1.29 is 4.79 Å². The molecule has 3 N–H and O–H groups in total. The van der Waals surface area contributed by atoms with Crippen molar-refractivity contribution in [1.82, 2.24) is 25.3 Å². The third-order valence-corrected chi connectivity index (χ3v) is 2.51. The topological polar surface area (TPSA) is 98.7 Å². The minimum atomic E-state index is -0.211. The van der Waals surface area contributed by atoms with Crippen molar-refractivity contribution in [3.8, 4) is 0 Å². The van der Waals surface area contributed by atoms with Gasteiger partial charge in [-0.25, -0.2) is 4.68 Å². The normalized spacial score (nSPS) is 10.4. The number of rotatable bonds is 5. The maximum atomic E-state index is 11.0. The molecule has 2 heterocycles. The fraction of sp³-hybridized carbons (Fsp3) is 0.333. The van der Waals surface area contributed by atoms with Gasteiger partial charge in [0.1, 0.15) is 5.69 Å². The molecule has 0 spiro atoms. The largest absolute Gasteiger partial charge is 0.349 e. The molecule has 0 aliphatic carbocycles. The summed E-state index contributed by atoms with van der Waals surface area (Å²) in [5.41, 5.74) is 8.06. The first-order valence-corrected chi connectivity index (χ1v) is 5.93. The van der Waals surface area contributed by atoms with Crippen molar-refractivity contribution >= 4 is 5.91 Å². The molecule has 0 saturated carbocycles. The zero-order valence-electron chi connectivity index (χ0n) is 10.7. The third-order valence-electron chi connectivity index (χ3n) is 2.51. The first-order valence-electron chi connectivity index (χ1n) is 5.93. The Morgan fingerprint density at radius 2 is 2.32 bits per heavy atom. The number of aryl methyl sites for hydroxylation is 1. The third kappa shape index (κ3) is 3.85. The molecule has 2 rings (SSSR count). The fourth-order valence-electron chi connectivity index (χ4n) is 1.65. The number of aromatic nitrogens is 4. The van der Waals surface area contributed by atoms with Crippen LogP contribution in [0.2, 0.25) is 0 Å². The van der Waals surface area contributed by atoms with Gasteiger partial charge < -0.3 is 11.1 Å². The van der Waals surface area contributed by atoms with Crippen LogP contribution < -0.4 is 11.1 Å². The van der Waals surface area contributed by atoms with E-state index in [1.54, 1.807) is 23.3 Å². The SMILES string of the molecule is Cc1cncc(Cn2cc(CNC(=O)CN)nn2)c1. The van der Waals surface area contributed by atoms with E-state index in [0.717, 1.165) is 11.1 Å². The first kappa shape index (κ1) is 13.2. The summed E-state index contributed by atoms with van der Waals surface area (Å²) < 4.78 is 1.71. The van der Waals surface area contributed by atoms with Crippen molar-refractivity contribution in [3.63, 3.8) is 0 Å². The molecule has 0 aliphatic rings. The van der Waals surface area contributed by atoms with Crippen LogP contribution in [-0.2, 0) is 17.9 Å². The minimum Gasteiger partial charge on any atom is -0.349 e. The van der Waals surface area contributed by atoms with Crippen molar-refractivity contribution in [2.75, 3.05) is 6.54 Å². The second-order valence-corrected chi connectivity index (χ2v) is 4.26. The summed E-state index contributed by atoms with van der Waals surface area (Å²) in [6.45, 7) is 2.91. The van der Waals surface area contributed by atoms with Gasteiger partial charge in [-0.05, 0) is 18.1 Å². The van der Waals surface area contributed by atoms with Gasteiger partial charge >= 0.3 is 0 Å². The molecule has 0 saturated heterocycles. The quantitative estimate of drug-likeness (QED) is 0.762. The van der Waals surface area contributed by atoms with Crippen LogP contribution in [0.4, 0.5) is 0 Å². The molecule has 7 heteroatoms. The molecular formula is C12H16N6O. The van der Waals surface area contributed by atoms with Gasteiger partial charge in [-0.2, -0.15) is 0 Å². The minimum absolute atomic E-state index is 0.0247. The van der Waals surface area contributed by atoms with Gasteiger partial charge in [0.25, 0.3) is 0 Å². The number of nitrogens with one attached hydrogen (secondary N) is 1. The van der Waals surface area contributed by atoms with E-state index in [0.29, 0.717) is 18.8 Å². The molecule has 0 radical (unpaired) electrons. The molecule has 2 aromatic heterocycles. The highest BCUT2D eigenvalue weighted by Crippen LogP contribution is 2.03. The highest BCUT2D eigenvalue weighted by atomic mass is 16.1. The fourth-order valence-corrected chi connectivity index (χ4v) is 1.65. The lowest BCUT2D eigenvalue weighted by atomic mass is 10.2. The zero-order valence-corrected chi connectivity index (χ0v) is 10.7. The molecule has 2 aromatic rings. The van der Waals surface area contributed by atoms with E-state index in [1.807, 2.05) is 13.0 Å². The number of amides is 1. The number of nitrogens with two attached hydrogens (primary N) is 1. The van der Waals surface area contributed by atoms with Gasteiger partial charge in [0, 0.05) is 12.4 Å². The Morgan fingerprint density at radius 3 is 3.05 bits per heavy atom. The summed E-state index contributed by atoms with van der Waals surface area (Å²) in [7, 11) is 0. The van der Waals surface area contributed by atoms with Gasteiger partial charge in [0.15, 0.2) is 0 Å². The van der Waals surface area contributed by atoms with E-state index in [-0.39, 0.29) is 12.5 Å². The summed E-state index contributed by atoms with van der Waals surface area (Å²) in [6.07, 6.45) is 5.39. The van der Waals surface area contributed by atoms with Crippen molar-refractivity contribution in [3.05, 3.63) is 41.5 Å². The maximum Gasteiger partial charge on any atom is 0.234 e. The summed E-state index contributed by atoms with van der Waals surface area (Å²) in [5.74, 6) is -0.211. The second kappa shape index (κ2) is 6.05. The number of pyridine rings is 1. The molecule has 19 heavy (non-hydrogen) atoms. The summed E-state index contributed by atoms with van der Waals surface area (Å²) >= 11 is 0. The molecule has 0 aromatic carbocycles. The lowest BCUT2D eigenvalue weighted by Gasteiger charge is -2.01. The Labute approximate surface area is 110 Å². The standard InChI is InChI=1S/C12H16N6O/c1-9-2-10(5-14-4-9)7-18-8-11(16-17-18)6-15-12(19)3-13/h2,4-5,8H,3,6-7,13H2,1H3,(H,15,19). The Hall–Kier alpha value is -2.28. The van der Waals surface area contributed by atoms with Gasteiger partial charge in [0.05, 0.1) is 25.8 Å². The van der Waals surface area contributed by atoms with E-state index in [9.17, 15) is 4.79 Å². The first-order chi connectivity index (χ1) is 9.17. The average molecular weight is 260 g/mol. The van der Waals surface area contributed by atoms with Crippen LogP contribution in [0.1, 0.15) is 16.8 Å². The number of carbonyl (C=O) groups is 1. The van der Waals surface area contributed by atoms with E-state index in [4.69, 9.17) is 5.73 Å². The lowest BCUT2D eigenvalue weighted by Crippen LogP contribution is -2.29. The molecule has 0 bridgehead atoms. The molecule has 7 nitrogen and oxygen atoms in total. The second-order valence-electron chi connectivity index (χ2n) is 4.26. The highest BCUT2D eigenvalue weighted by Gasteiger charge is 2.04. The Morgan fingerprint density at radius 1 is 1.47 bits per heavy atom. The summed E-state index contributed by atoms with van der Waals surface area (Å²) in [5, 5.41) is 10.6.